The van der Waals surface area contributed by atoms with Gasteiger partial charge in [0, 0.05) is 12.1 Å². The van der Waals surface area contributed by atoms with Crippen molar-refractivity contribution in [3.8, 4) is 23.0 Å². The molecule has 0 N–H and O–H groups in total. The number of fused-ring (bicyclic) bond motifs is 7. The molecule has 0 aliphatic carbocycles. The molecule has 0 fully saturated rings. The van der Waals surface area contributed by atoms with Crippen LogP contribution in [0.15, 0.2) is 48.8 Å². The van der Waals surface area contributed by atoms with Gasteiger partial charge in [-0.05, 0) is 35.0 Å². The van der Waals surface area contributed by atoms with Gasteiger partial charge in [0.1, 0.15) is 0 Å². The van der Waals surface area contributed by atoms with Crippen molar-refractivity contribution in [3.63, 3.8) is 0 Å². The van der Waals surface area contributed by atoms with Crippen molar-refractivity contribution in [2.75, 3.05) is 13.6 Å². The van der Waals surface area contributed by atoms with Crippen LogP contribution >= 0.6 is 0 Å². The van der Waals surface area contributed by atoms with Gasteiger partial charge in [0.05, 0.1) is 10.8 Å². The van der Waals surface area contributed by atoms with Gasteiger partial charge >= 0.3 is 0 Å². The number of hydrogen-bond acceptors (Lipinski definition) is 4. The number of ether oxygens (including phenoxy) is 4. The fraction of sp³-hybridized carbons (Fsp3) is 0.105. The first-order valence-electron chi connectivity index (χ1n) is 7.76. The predicted molar refractivity (Wildman–Crippen MR) is 86.9 cm³/mol. The first-order chi connectivity index (χ1) is 11.9. The Bertz CT molecular complexity index is 1170. The second-order valence-corrected chi connectivity index (χ2v) is 5.98. The van der Waals surface area contributed by atoms with Crippen molar-refractivity contribution in [1.29, 1.82) is 0 Å². The van der Waals surface area contributed by atoms with Crippen LogP contribution in [-0.4, -0.2) is 13.6 Å². The van der Waals surface area contributed by atoms with Crippen LogP contribution in [0.4, 0.5) is 0 Å². The largest absolute Gasteiger partial charge is 0.454 e. The van der Waals surface area contributed by atoms with E-state index in [1.807, 2.05) is 18.2 Å². The number of benzene rings is 2. The number of hydrogen-bond donors (Lipinski definition) is 0. The molecule has 0 unspecified atom stereocenters. The normalized spacial score (nSPS) is 14.8. The summed E-state index contributed by atoms with van der Waals surface area (Å²) in [6.07, 6.45) is 4.14. The Morgan fingerprint density at radius 2 is 1.50 bits per heavy atom. The average Bonchev–Trinajstić information content (AvgIpc) is 3.26. The number of nitrogens with zero attached hydrogens (tertiary/aromatic N) is 1. The fourth-order valence-corrected chi connectivity index (χ4v) is 3.52. The third-order valence-corrected chi connectivity index (χ3v) is 4.69. The summed E-state index contributed by atoms with van der Waals surface area (Å²) in [7, 11) is 0. The molecule has 0 saturated carbocycles. The lowest BCUT2D eigenvalue weighted by Gasteiger charge is -2.04. The SMILES string of the molecule is c1cc2cc3c4cc5c(cc4cc[n+]3cc2c2c1OCO2)OCO5. The zero-order valence-electron chi connectivity index (χ0n) is 12.6. The van der Waals surface area contributed by atoms with E-state index in [2.05, 4.69) is 35.0 Å². The van der Waals surface area contributed by atoms with E-state index in [0.717, 1.165) is 50.1 Å². The fourth-order valence-electron chi connectivity index (χ4n) is 3.52. The third kappa shape index (κ3) is 1.51. The van der Waals surface area contributed by atoms with E-state index in [0.29, 0.717) is 0 Å². The van der Waals surface area contributed by atoms with Gasteiger partial charge in [-0.3, -0.25) is 0 Å². The molecule has 4 aromatic rings. The molecule has 0 radical (unpaired) electrons. The topological polar surface area (TPSA) is 41.0 Å². The zero-order chi connectivity index (χ0) is 15.7. The highest BCUT2D eigenvalue weighted by Crippen LogP contribution is 2.40. The van der Waals surface area contributed by atoms with Crippen LogP contribution in [0.25, 0.3) is 27.1 Å². The molecule has 2 aliphatic heterocycles. The van der Waals surface area contributed by atoms with E-state index in [1.54, 1.807) is 0 Å². The molecule has 0 saturated heterocycles. The molecule has 5 heteroatoms. The molecule has 5 nitrogen and oxygen atoms in total. The first-order valence-corrected chi connectivity index (χ1v) is 7.76. The molecule has 116 valence electrons. The van der Waals surface area contributed by atoms with E-state index >= 15 is 0 Å². The number of pyridine rings is 2. The Morgan fingerprint density at radius 1 is 0.708 bits per heavy atom. The van der Waals surface area contributed by atoms with Crippen molar-refractivity contribution < 1.29 is 23.3 Å². The average molecular weight is 318 g/mol. The minimum Gasteiger partial charge on any atom is -0.454 e. The minimum absolute atomic E-state index is 0.276. The highest BCUT2D eigenvalue weighted by Gasteiger charge is 2.22. The van der Waals surface area contributed by atoms with E-state index in [4.69, 9.17) is 18.9 Å². The Labute approximate surface area is 136 Å². The second-order valence-electron chi connectivity index (χ2n) is 5.98. The summed E-state index contributed by atoms with van der Waals surface area (Å²) < 4.78 is 24.2. The van der Waals surface area contributed by atoms with E-state index in [-0.39, 0.29) is 13.6 Å². The van der Waals surface area contributed by atoms with Crippen molar-refractivity contribution >= 4 is 27.1 Å². The highest BCUT2D eigenvalue weighted by molar-refractivity contribution is 6.00. The minimum atomic E-state index is 0.276. The number of rotatable bonds is 0. The van der Waals surface area contributed by atoms with Crippen LogP contribution in [0, 0.1) is 0 Å². The molecule has 2 aromatic carbocycles. The smallest absolute Gasteiger partial charge is 0.231 e. The lowest BCUT2D eigenvalue weighted by Crippen LogP contribution is -2.20. The van der Waals surface area contributed by atoms with Gasteiger partial charge in [-0.2, -0.15) is 4.40 Å². The third-order valence-electron chi connectivity index (χ3n) is 4.69. The van der Waals surface area contributed by atoms with E-state index in [9.17, 15) is 0 Å². The summed E-state index contributed by atoms with van der Waals surface area (Å²) in [5.74, 6) is 3.21. The van der Waals surface area contributed by atoms with Gasteiger partial charge in [0.15, 0.2) is 35.4 Å². The van der Waals surface area contributed by atoms with Crippen LogP contribution in [-0.2, 0) is 0 Å². The standard InChI is InChI=1S/C19H12NO4/c1-2-16-19(24-10-21-16)14-8-20-4-3-12-6-17-18(23-9-22-17)7-13(12)15(20)5-11(1)14/h1-8H,9-10H2/q+1. The van der Waals surface area contributed by atoms with Crippen molar-refractivity contribution in [2.45, 2.75) is 0 Å². The maximum Gasteiger partial charge on any atom is 0.231 e. The lowest BCUT2D eigenvalue weighted by atomic mass is 10.1. The van der Waals surface area contributed by atoms with E-state index in [1.165, 1.54) is 0 Å². The Kier molecular flexibility index (Phi) is 2.14. The summed E-state index contributed by atoms with van der Waals surface area (Å²) in [4.78, 5) is 0. The molecule has 2 aliphatic rings. The van der Waals surface area contributed by atoms with Gasteiger partial charge in [-0.15, -0.1) is 0 Å². The maximum atomic E-state index is 5.64. The molecule has 0 atom stereocenters. The van der Waals surface area contributed by atoms with Gasteiger partial charge in [-0.1, -0.05) is 0 Å². The molecule has 2 aromatic heterocycles. The van der Waals surface area contributed by atoms with Crippen LogP contribution in [0.5, 0.6) is 23.0 Å². The molecule has 24 heavy (non-hydrogen) atoms. The van der Waals surface area contributed by atoms with Crippen molar-refractivity contribution in [3.05, 3.63) is 48.8 Å². The summed E-state index contributed by atoms with van der Waals surface area (Å²) in [5.41, 5.74) is 1.11. The monoisotopic (exact) mass is 318 g/mol. The Hall–Kier alpha value is -3.21. The highest BCUT2D eigenvalue weighted by atomic mass is 16.7. The van der Waals surface area contributed by atoms with Gasteiger partial charge in [-0.25, -0.2) is 0 Å². The van der Waals surface area contributed by atoms with Crippen molar-refractivity contribution in [1.82, 2.24) is 0 Å². The molecular formula is C19H12NO4+. The quantitative estimate of drug-likeness (QED) is 0.284. The molecule has 4 heterocycles. The zero-order valence-corrected chi connectivity index (χ0v) is 12.6. The Balaban J connectivity index is 1.74. The maximum absolute atomic E-state index is 5.64. The lowest BCUT2D eigenvalue weighted by molar-refractivity contribution is -0.509. The van der Waals surface area contributed by atoms with Gasteiger partial charge in [0.2, 0.25) is 19.1 Å². The van der Waals surface area contributed by atoms with Crippen LogP contribution in [0.1, 0.15) is 0 Å². The summed E-state index contributed by atoms with van der Waals surface area (Å²) in [5, 5.41) is 4.41. The van der Waals surface area contributed by atoms with Crippen molar-refractivity contribution in [2.24, 2.45) is 0 Å². The molecule has 0 spiro atoms. The summed E-state index contributed by atoms with van der Waals surface area (Å²) in [6.45, 7) is 0.557. The van der Waals surface area contributed by atoms with E-state index < -0.39 is 0 Å². The molecular weight excluding hydrogens is 306 g/mol. The molecule has 0 bridgehead atoms. The van der Waals surface area contributed by atoms with Crippen LogP contribution in [0.2, 0.25) is 0 Å². The summed E-state index contributed by atoms with van der Waals surface area (Å²) >= 11 is 0. The van der Waals surface area contributed by atoms with Gasteiger partial charge < -0.3 is 18.9 Å². The molecule has 6 rings (SSSR count). The molecule has 0 amide bonds. The number of aromatic nitrogens is 1. The predicted octanol–water partition coefficient (Wildman–Crippen LogP) is 3.19. The van der Waals surface area contributed by atoms with Crippen LogP contribution < -0.4 is 23.3 Å². The van der Waals surface area contributed by atoms with Crippen LogP contribution in [0.3, 0.4) is 0 Å². The van der Waals surface area contributed by atoms with Gasteiger partial charge in [0.25, 0.3) is 0 Å². The first kappa shape index (κ1) is 12.2. The second kappa shape index (κ2) is 4.20. The Morgan fingerprint density at radius 3 is 2.46 bits per heavy atom. The summed E-state index contributed by atoms with van der Waals surface area (Å²) in [6, 6.07) is 12.3.